The molecule has 0 aromatic heterocycles. The van der Waals surface area contributed by atoms with E-state index in [2.05, 4.69) is 43.2 Å². The van der Waals surface area contributed by atoms with Gasteiger partial charge >= 0.3 is 12.0 Å². The Hall–Kier alpha value is -3.16. The molecule has 0 radical (unpaired) electrons. The number of carbonyl (C=O) groups is 2. The molecule has 6 nitrogen and oxygen atoms in total. The Balaban J connectivity index is 2.35. The minimum Gasteiger partial charge on any atom is -0.481 e. The zero-order chi connectivity index (χ0) is 23.1. The van der Waals surface area contributed by atoms with Gasteiger partial charge in [-0.15, -0.1) is 0 Å². The highest BCUT2D eigenvalue weighted by atomic mass is 19.1. The number of anilines is 3. The predicted molar refractivity (Wildman–Crippen MR) is 119 cm³/mol. The fraction of sp³-hybridized carbons (Fsp3) is 0.391. The highest BCUT2D eigenvalue weighted by Gasteiger charge is 2.18. The van der Waals surface area contributed by atoms with Crippen molar-refractivity contribution >= 4 is 29.1 Å². The van der Waals surface area contributed by atoms with E-state index in [0.717, 1.165) is 30.9 Å². The summed E-state index contributed by atoms with van der Waals surface area (Å²) in [6.45, 7) is 9.82. The van der Waals surface area contributed by atoms with Crippen molar-refractivity contribution in [2.75, 3.05) is 28.6 Å². The van der Waals surface area contributed by atoms with Crippen LogP contribution in [0.25, 0.3) is 0 Å². The van der Waals surface area contributed by atoms with E-state index in [-0.39, 0.29) is 12.1 Å². The van der Waals surface area contributed by atoms with Crippen molar-refractivity contribution in [3.8, 4) is 0 Å². The number of benzene rings is 2. The number of aliphatic carboxylic acids is 1. The van der Waals surface area contributed by atoms with Crippen LogP contribution < -0.4 is 15.5 Å². The number of rotatable bonds is 9. The van der Waals surface area contributed by atoms with E-state index in [9.17, 15) is 18.4 Å². The highest BCUT2D eigenvalue weighted by Crippen LogP contribution is 2.29. The standard InChI is InChI=1S/C23H29F2N3O3/c1-14(2)12-28(13-15(3)4)21-8-5-16(10-22(29)30)9-20(21)27-23(31)26-19-7-6-17(24)11-18(19)25/h5-9,11,14-15H,10,12-13H2,1-4H3,(H,29,30)(H2,26,27,31). The van der Waals surface area contributed by atoms with E-state index in [4.69, 9.17) is 5.11 Å². The first-order chi connectivity index (χ1) is 14.5. The van der Waals surface area contributed by atoms with Gasteiger partial charge in [0.2, 0.25) is 0 Å². The van der Waals surface area contributed by atoms with E-state index in [0.29, 0.717) is 29.2 Å². The number of carboxylic acids is 1. The molecule has 0 aliphatic rings. The molecule has 31 heavy (non-hydrogen) atoms. The molecular formula is C23H29F2N3O3. The van der Waals surface area contributed by atoms with Crippen molar-refractivity contribution < 1.29 is 23.5 Å². The lowest BCUT2D eigenvalue weighted by atomic mass is 10.1. The van der Waals surface area contributed by atoms with Gasteiger partial charge in [-0.1, -0.05) is 33.8 Å². The lowest BCUT2D eigenvalue weighted by molar-refractivity contribution is -0.136. The van der Waals surface area contributed by atoms with Crippen molar-refractivity contribution in [3.63, 3.8) is 0 Å². The first kappa shape index (κ1) is 24.1. The maximum Gasteiger partial charge on any atom is 0.323 e. The molecule has 2 aromatic rings. The number of nitrogens with zero attached hydrogens (tertiary/aromatic N) is 1. The van der Waals surface area contributed by atoms with Crippen LogP contribution in [-0.4, -0.2) is 30.2 Å². The molecule has 0 unspecified atom stereocenters. The van der Waals surface area contributed by atoms with Crippen LogP contribution >= 0.6 is 0 Å². The highest BCUT2D eigenvalue weighted by molar-refractivity contribution is 6.02. The number of nitrogens with one attached hydrogen (secondary N) is 2. The van der Waals surface area contributed by atoms with Crippen molar-refractivity contribution in [1.29, 1.82) is 0 Å². The lowest BCUT2D eigenvalue weighted by Gasteiger charge is -2.30. The van der Waals surface area contributed by atoms with Crippen molar-refractivity contribution in [3.05, 3.63) is 53.6 Å². The summed E-state index contributed by atoms with van der Waals surface area (Å²) in [5.74, 6) is -1.92. The molecule has 8 heteroatoms. The number of urea groups is 1. The Morgan fingerprint density at radius 3 is 2.10 bits per heavy atom. The summed E-state index contributed by atoms with van der Waals surface area (Å²) in [5.41, 5.74) is 1.52. The smallest absolute Gasteiger partial charge is 0.323 e. The molecule has 0 fully saturated rings. The van der Waals surface area contributed by atoms with Crippen LogP contribution in [0.4, 0.5) is 30.6 Å². The maximum atomic E-state index is 13.9. The zero-order valence-corrected chi connectivity index (χ0v) is 18.2. The molecule has 2 amide bonds. The molecule has 0 saturated heterocycles. The van der Waals surface area contributed by atoms with Crippen molar-refractivity contribution in [2.45, 2.75) is 34.1 Å². The summed E-state index contributed by atoms with van der Waals surface area (Å²) in [5, 5.41) is 14.2. The summed E-state index contributed by atoms with van der Waals surface area (Å²) in [6, 6.07) is 7.27. The quantitative estimate of drug-likeness (QED) is 0.498. The molecule has 2 aromatic carbocycles. The number of halogens is 2. The van der Waals surface area contributed by atoms with Gasteiger partial charge in [-0.3, -0.25) is 4.79 Å². The Bertz CT molecular complexity index is 922. The van der Waals surface area contributed by atoms with Crippen LogP contribution in [0.2, 0.25) is 0 Å². The third-order valence-corrected chi connectivity index (χ3v) is 4.36. The van der Waals surface area contributed by atoms with E-state index < -0.39 is 23.6 Å². The Labute approximate surface area is 181 Å². The second-order valence-corrected chi connectivity index (χ2v) is 8.32. The average molecular weight is 433 g/mol. The fourth-order valence-electron chi connectivity index (χ4n) is 3.26. The summed E-state index contributed by atoms with van der Waals surface area (Å²) in [7, 11) is 0. The van der Waals surface area contributed by atoms with E-state index >= 15 is 0 Å². The van der Waals surface area contributed by atoms with Crippen molar-refractivity contribution in [1.82, 2.24) is 0 Å². The molecule has 168 valence electrons. The van der Waals surface area contributed by atoms with Gasteiger partial charge in [0.25, 0.3) is 0 Å². The number of amides is 2. The third-order valence-electron chi connectivity index (χ3n) is 4.36. The number of hydrogen-bond donors (Lipinski definition) is 3. The predicted octanol–water partition coefficient (Wildman–Crippen LogP) is 5.35. The number of carboxylic acid groups (broad SMARTS) is 1. The maximum absolute atomic E-state index is 13.9. The van der Waals surface area contributed by atoms with Gasteiger partial charge in [0.15, 0.2) is 0 Å². The van der Waals surface area contributed by atoms with Gasteiger partial charge in [0, 0.05) is 19.2 Å². The fourth-order valence-corrected chi connectivity index (χ4v) is 3.26. The molecule has 0 heterocycles. The summed E-state index contributed by atoms with van der Waals surface area (Å²) in [6.07, 6.45) is -0.197. The molecular weight excluding hydrogens is 404 g/mol. The van der Waals surface area contributed by atoms with Gasteiger partial charge in [-0.25, -0.2) is 13.6 Å². The largest absolute Gasteiger partial charge is 0.481 e. The van der Waals surface area contributed by atoms with Gasteiger partial charge in [-0.05, 0) is 41.7 Å². The summed E-state index contributed by atoms with van der Waals surface area (Å²) >= 11 is 0. The molecule has 2 rings (SSSR count). The SMILES string of the molecule is CC(C)CN(CC(C)C)c1ccc(CC(=O)O)cc1NC(=O)Nc1ccc(F)cc1F. The Kier molecular flexibility index (Phi) is 8.36. The molecule has 0 bridgehead atoms. The van der Waals surface area contributed by atoms with Gasteiger partial charge in [-0.2, -0.15) is 0 Å². The van der Waals surface area contributed by atoms with Crippen LogP contribution in [0.15, 0.2) is 36.4 Å². The second-order valence-electron chi connectivity index (χ2n) is 8.32. The molecule has 0 atom stereocenters. The van der Waals surface area contributed by atoms with Crippen LogP contribution in [0, 0.1) is 23.5 Å². The molecule has 0 saturated carbocycles. The van der Waals surface area contributed by atoms with Gasteiger partial charge in [0.1, 0.15) is 11.6 Å². The number of hydrogen-bond acceptors (Lipinski definition) is 3. The van der Waals surface area contributed by atoms with E-state index in [1.807, 2.05) is 0 Å². The summed E-state index contributed by atoms with van der Waals surface area (Å²) in [4.78, 5) is 25.8. The topological polar surface area (TPSA) is 81.7 Å². The monoisotopic (exact) mass is 433 g/mol. The van der Waals surface area contributed by atoms with Crippen molar-refractivity contribution in [2.24, 2.45) is 11.8 Å². The first-order valence-corrected chi connectivity index (χ1v) is 10.2. The molecule has 0 aliphatic carbocycles. The lowest BCUT2D eigenvalue weighted by Crippen LogP contribution is -2.32. The van der Waals surface area contributed by atoms with E-state index in [1.165, 1.54) is 0 Å². The van der Waals surface area contributed by atoms with Crippen LogP contribution in [0.1, 0.15) is 33.3 Å². The molecule has 0 aliphatic heterocycles. The van der Waals surface area contributed by atoms with Crippen LogP contribution in [0.3, 0.4) is 0 Å². The van der Waals surface area contributed by atoms with Crippen LogP contribution in [-0.2, 0) is 11.2 Å². The molecule has 0 spiro atoms. The minimum atomic E-state index is -0.988. The average Bonchev–Trinajstić information content (AvgIpc) is 2.62. The summed E-state index contributed by atoms with van der Waals surface area (Å²) < 4.78 is 27.0. The number of carbonyl (C=O) groups excluding carboxylic acids is 1. The van der Waals surface area contributed by atoms with E-state index in [1.54, 1.807) is 18.2 Å². The third kappa shape index (κ3) is 7.55. The normalized spacial score (nSPS) is 11.0. The second kappa shape index (κ2) is 10.7. The van der Waals surface area contributed by atoms with Gasteiger partial charge in [0.05, 0.1) is 23.5 Å². The minimum absolute atomic E-state index is 0.164. The zero-order valence-electron chi connectivity index (χ0n) is 18.2. The van der Waals surface area contributed by atoms with Gasteiger partial charge < -0.3 is 20.6 Å². The Morgan fingerprint density at radius 1 is 0.935 bits per heavy atom. The van der Waals surface area contributed by atoms with Crippen LogP contribution in [0.5, 0.6) is 0 Å². The molecule has 3 N–H and O–H groups in total. The Morgan fingerprint density at radius 2 is 1.55 bits per heavy atom. The first-order valence-electron chi connectivity index (χ1n) is 10.2.